The molecule has 0 radical (unpaired) electrons. The van der Waals surface area contributed by atoms with Crippen molar-refractivity contribution in [1.29, 1.82) is 0 Å². The molecule has 1 aromatic carbocycles. The van der Waals surface area contributed by atoms with Crippen LogP contribution in [0, 0.1) is 19.8 Å². The van der Waals surface area contributed by atoms with Gasteiger partial charge in [-0.15, -0.1) is 5.10 Å². The quantitative estimate of drug-likeness (QED) is 0.437. The Morgan fingerprint density at radius 2 is 2.03 bits per heavy atom. The van der Waals surface area contributed by atoms with Gasteiger partial charge in [0.1, 0.15) is 17.0 Å². The molecule has 5 rings (SSSR count). The van der Waals surface area contributed by atoms with Crippen LogP contribution in [0.1, 0.15) is 30.0 Å². The molecule has 1 atom stereocenters. The van der Waals surface area contributed by atoms with E-state index in [2.05, 4.69) is 20.4 Å². The Balaban J connectivity index is 1.37. The van der Waals surface area contributed by atoms with Gasteiger partial charge in [0.05, 0.1) is 41.8 Å². The molecule has 9 nitrogen and oxygen atoms in total. The number of aromatic nitrogens is 4. The number of hydrogen-bond donors (Lipinski definition) is 1. The van der Waals surface area contributed by atoms with Crippen LogP contribution in [0.4, 0.5) is 5.82 Å². The summed E-state index contributed by atoms with van der Waals surface area (Å²) >= 11 is 0. The first-order chi connectivity index (χ1) is 17.0. The van der Waals surface area contributed by atoms with Crippen LogP contribution in [0.5, 0.6) is 5.75 Å². The second-order valence-corrected chi connectivity index (χ2v) is 8.93. The third kappa shape index (κ3) is 4.58. The zero-order valence-corrected chi connectivity index (χ0v) is 20.3. The van der Waals surface area contributed by atoms with Gasteiger partial charge in [-0.25, -0.2) is 4.68 Å². The van der Waals surface area contributed by atoms with E-state index in [0.717, 1.165) is 64.7 Å². The maximum atomic E-state index is 12.9. The summed E-state index contributed by atoms with van der Waals surface area (Å²) in [7, 11) is 1.65. The van der Waals surface area contributed by atoms with E-state index >= 15 is 0 Å². The summed E-state index contributed by atoms with van der Waals surface area (Å²) < 4.78 is 12.6. The number of carbonyl (C=O) groups is 1. The third-order valence-corrected chi connectivity index (χ3v) is 6.64. The van der Waals surface area contributed by atoms with Crippen LogP contribution < -0.4 is 15.0 Å². The summed E-state index contributed by atoms with van der Waals surface area (Å²) in [5.74, 6) is 2.36. The summed E-state index contributed by atoms with van der Waals surface area (Å²) in [5.41, 5.74) is 3.59. The predicted molar refractivity (Wildman–Crippen MR) is 133 cm³/mol. The van der Waals surface area contributed by atoms with Gasteiger partial charge in [-0.2, -0.15) is 10.2 Å². The van der Waals surface area contributed by atoms with Crippen LogP contribution >= 0.6 is 0 Å². The predicted octanol–water partition coefficient (Wildman–Crippen LogP) is 3.61. The first kappa shape index (κ1) is 22.9. The van der Waals surface area contributed by atoms with Crippen molar-refractivity contribution < 1.29 is 13.9 Å². The lowest BCUT2D eigenvalue weighted by molar-refractivity contribution is -0.125. The number of aryl methyl sites for hydroxylation is 2. The highest BCUT2D eigenvalue weighted by Crippen LogP contribution is 2.32. The van der Waals surface area contributed by atoms with E-state index < -0.39 is 0 Å². The van der Waals surface area contributed by atoms with Gasteiger partial charge in [0.25, 0.3) is 0 Å². The molecule has 0 spiro atoms. The highest BCUT2D eigenvalue weighted by Gasteiger charge is 2.29. The molecule has 35 heavy (non-hydrogen) atoms. The first-order valence-corrected chi connectivity index (χ1v) is 12.0. The van der Waals surface area contributed by atoms with Crippen LogP contribution in [0.2, 0.25) is 0 Å². The second-order valence-electron chi connectivity index (χ2n) is 8.93. The highest BCUT2D eigenvalue weighted by atomic mass is 16.5. The molecule has 1 saturated heterocycles. The summed E-state index contributed by atoms with van der Waals surface area (Å²) in [6.07, 6.45) is 4.09. The molecule has 1 N–H and O–H groups in total. The Labute approximate surface area is 204 Å². The molecule has 0 saturated carbocycles. The van der Waals surface area contributed by atoms with Gasteiger partial charge in [-0.05, 0) is 63.1 Å². The average Bonchev–Trinajstić information content (AvgIpc) is 3.53. The molecule has 182 valence electrons. The zero-order chi connectivity index (χ0) is 24.4. The SMILES string of the molecule is COc1ccc(-n2nc3c(N4CCC[C@@H](C(=O)NCCc5ccco5)C4)nnc(C)c3c2C)cc1. The Bertz CT molecular complexity index is 1310. The van der Waals surface area contributed by atoms with Gasteiger partial charge in [0.2, 0.25) is 5.91 Å². The van der Waals surface area contributed by atoms with E-state index in [1.807, 2.05) is 54.9 Å². The molecule has 0 unspecified atom stereocenters. The molecule has 0 aliphatic carbocycles. The Hall–Kier alpha value is -3.88. The van der Waals surface area contributed by atoms with E-state index in [-0.39, 0.29) is 11.8 Å². The number of anilines is 1. The van der Waals surface area contributed by atoms with Crippen molar-refractivity contribution in [3.8, 4) is 11.4 Å². The fraction of sp³-hybridized carbons (Fsp3) is 0.385. The number of benzene rings is 1. The monoisotopic (exact) mass is 474 g/mol. The number of nitrogens with zero attached hydrogens (tertiary/aromatic N) is 5. The Morgan fingerprint density at radius 3 is 2.77 bits per heavy atom. The van der Waals surface area contributed by atoms with Crippen molar-refractivity contribution in [3.05, 3.63) is 59.8 Å². The number of rotatable bonds is 7. The number of carbonyl (C=O) groups excluding carboxylic acids is 1. The van der Waals surface area contributed by atoms with Crippen molar-refractivity contribution in [1.82, 2.24) is 25.3 Å². The number of ether oxygens (including phenoxy) is 1. The second kappa shape index (κ2) is 9.77. The number of hydrogen-bond acceptors (Lipinski definition) is 7. The molecule has 0 bridgehead atoms. The topological polar surface area (TPSA) is 98.3 Å². The van der Waals surface area contributed by atoms with E-state index in [0.29, 0.717) is 19.5 Å². The summed E-state index contributed by atoms with van der Waals surface area (Å²) in [6.45, 7) is 5.97. The fourth-order valence-corrected chi connectivity index (χ4v) is 4.79. The number of nitrogens with one attached hydrogen (secondary N) is 1. The minimum Gasteiger partial charge on any atom is -0.497 e. The number of fused-ring (bicyclic) bond motifs is 1. The third-order valence-electron chi connectivity index (χ3n) is 6.64. The minimum atomic E-state index is -0.108. The van der Waals surface area contributed by atoms with E-state index in [9.17, 15) is 4.79 Å². The van der Waals surface area contributed by atoms with Crippen LogP contribution in [0.25, 0.3) is 16.6 Å². The lowest BCUT2D eigenvalue weighted by Crippen LogP contribution is -2.44. The fourth-order valence-electron chi connectivity index (χ4n) is 4.79. The largest absolute Gasteiger partial charge is 0.497 e. The van der Waals surface area contributed by atoms with Gasteiger partial charge in [0, 0.05) is 26.1 Å². The molecule has 4 heterocycles. The standard InChI is InChI=1S/C26H30N6O3/c1-17-23-18(2)32(20-8-10-21(34-3)11-9-20)30-24(23)25(29-28-17)31-14-4-6-19(16-31)26(33)27-13-12-22-7-5-15-35-22/h5,7-11,15,19H,4,6,12-14,16H2,1-3H3,(H,27,33)/t19-/m1/s1. The van der Waals surface area contributed by atoms with Crippen LogP contribution in [0.3, 0.4) is 0 Å². The van der Waals surface area contributed by atoms with Crippen molar-refractivity contribution in [2.45, 2.75) is 33.1 Å². The number of furan rings is 1. The van der Waals surface area contributed by atoms with E-state index in [1.165, 1.54) is 0 Å². The summed E-state index contributed by atoms with van der Waals surface area (Å²) in [6, 6.07) is 11.6. The van der Waals surface area contributed by atoms with Gasteiger partial charge in [-0.1, -0.05) is 0 Å². The summed E-state index contributed by atoms with van der Waals surface area (Å²) in [5, 5.41) is 18.0. The van der Waals surface area contributed by atoms with Gasteiger partial charge >= 0.3 is 0 Å². The van der Waals surface area contributed by atoms with Crippen molar-refractivity contribution in [2.24, 2.45) is 5.92 Å². The Kier molecular flexibility index (Phi) is 6.39. The molecule has 1 fully saturated rings. The number of methoxy groups -OCH3 is 1. The summed E-state index contributed by atoms with van der Waals surface area (Å²) in [4.78, 5) is 15.0. The normalized spacial score (nSPS) is 16.0. The lowest BCUT2D eigenvalue weighted by atomic mass is 9.97. The highest BCUT2D eigenvalue weighted by molar-refractivity contribution is 5.92. The smallest absolute Gasteiger partial charge is 0.224 e. The molecule has 3 aromatic heterocycles. The van der Waals surface area contributed by atoms with Crippen LogP contribution in [0.15, 0.2) is 47.1 Å². The molecule has 1 aliphatic heterocycles. The molecule has 9 heteroatoms. The van der Waals surface area contributed by atoms with E-state index in [1.54, 1.807) is 13.4 Å². The molecule has 4 aromatic rings. The Morgan fingerprint density at radius 1 is 1.20 bits per heavy atom. The zero-order valence-electron chi connectivity index (χ0n) is 20.3. The maximum Gasteiger partial charge on any atom is 0.224 e. The maximum absolute atomic E-state index is 12.9. The average molecular weight is 475 g/mol. The molecule has 1 aliphatic rings. The van der Waals surface area contributed by atoms with Crippen LogP contribution in [-0.2, 0) is 11.2 Å². The number of amides is 1. The molecular weight excluding hydrogens is 444 g/mol. The van der Waals surface area contributed by atoms with E-state index in [4.69, 9.17) is 14.3 Å². The minimum absolute atomic E-state index is 0.0671. The molecule has 1 amide bonds. The van der Waals surface area contributed by atoms with Gasteiger partial charge in [0.15, 0.2) is 5.82 Å². The van der Waals surface area contributed by atoms with Gasteiger partial charge in [-0.3, -0.25) is 4.79 Å². The molecular formula is C26H30N6O3. The van der Waals surface area contributed by atoms with Crippen molar-refractivity contribution >= 4 is 22.6 Å². The lowest BCUT2D eigenvalue weighted by Gasteiger charge is -2.32. The van der Waals surface area contributed by atoms with Crippen molar-refractivity contribution in [2.75, 3.05) is 31.6 Å². The number of piperidine rings is 1. The van der Waals surface area contributed by atoms with Crippen LogP contribution in [-0.4, -0.2) is 52.6 Å². The van der Waals surface area contributed by atoms with Crippen molar-refractivity contribution in [3.63, 3.8) is 0 Å². The van der Waals surface area contributed by atoms with Gasteiger partial charge < -0.3 is 19.4 Å². The first-order valence-electron chi connectivity index (χ1n) is 12.0.